The van der Waals surface area contributed by atoms with Gasteiger partial charge in [-0.25, -0.2) is 9.59 Å². The second-order valence-corrected chi connectivity index (χ2v) is 14.1. The van der Waals surface area contributed by atoms with Crippen molar-refractivity contribution in [2.75, 3.05) is 13.2 Å². The lowest BCUT2D eigenvalue weighted by Gasteiger charge is -2.05. The highest BCUT2D eigenvalue weighted by molar-refractivity contribution is 7.25. The molecular weight excluding hydrogens is 609 g/mol. The number of hydrogen-bond donors (Lipinski definition) is 0. The van der Waals surface area contributed by atoms with Gasteiger partial charge in [-0.3, -0.25) is 0 Å². The number of esters is 2. The summed E-state index contributed by atoms with van der Waals surface area (Å²) in [7, 11) is 0. The van der Waals surface area contributed by atoms with Crippen LogP contribution < -0.4 is 0 Å². The van der Waals surface area contributed by atoms with E-state index in [-0.39, 0.29) is 11.9 Å². The SMILES string of the molecule is C=C(C)C(=O)OCCCCCCc1ccc(-c2ccc(-c3ccc(-c4ccc(CCCCCCOC(=O)C(=C)C)cc4)s3)s2)cc1. The van der Waals surface area contributed by atoms with Crippen LogP contribution in [0.3, 0.4) is 0 Å². The van der Waals surface area contributed by atoms with Crippen molar-refractivity contribution in [3.63, 3.8) is 0 Å². The maximum atomic E-state index is 11.4. The van der Waals surface area contributed by atoms with E-state index >= 15 is 0 Å². The molecule has 0 atom stereocenters. The number of unbranched alkanes of at least 4 members (excludes halogenated alkanes) is 6. The highest BCUT2D eigenvalue weighted by Crippen LogP contribution is 2.40. The molecule has 2 aromatic heterocycles. The predicted molar refractivity (Wildman–Crippen MR) is 194 cm³/mol. The molecule has 4 aromatic rings. The van der Waals surface area contributed by atoms with Crippen molar-refractivity contribution in [1.82, 2.24) is 0 Å². The molecule has 0 unspecified atom stereocenters. The second-order valence-electron chi connectivity index (χ2n) is 11.9. The van der Waals surface area contributed by atoms with E-state index in [1.54, 1.807) is 13.8 Å². The van der Waals surface area contributed by atoms with Gasteiger partial charge in [-0.05, 0) is 98.9 Å². The van der Waals surface area contributed by atoms with Gasteiger partial charge in [0.2, 0.25) is 0 Å². The summed E-state index contributed by atoms with van der Waals surface area (Å²) in [4.78, 5) is 28.0. The Bertz CT molecular complexity index is 1450. The fraction of sp³-hybridized carbons (Fsp3) is 0.350. The summed E-state index contributed by atoms with van der Waals surface area (Å²) >= 11 is 3.70. The van der Waals surface area contributed by atoms with Gasteiger partial charge < -0.3 is 9.47 Å². The van der Waals surface area contributed by atoms with E-state index in [0.717, 1.165) is 64.2 Å². The van der Waals surface area contributed by atoms with Crippen LogP contribution in [-0.4, -0.2) is 25.2 Å². The van der Waals surface area contributed by atoms with E-state index in [1.165, 1.54) is 41.8 Å². The molecule has 4 rings (SSSR count). The van der Waals surface area contributed by atoms with Crippen LogP contribution >= 0.6 is 22.7 Å². The molecule has 0 bridgehead atoms. The van der Waals surface area contributed by atoms with Gasteiger partial charge in [-0.15, -0.1) is 22.7 Å². The van der Waals surface area contributed by atoms with Crippen LogP contribution in [0.1, 0.15) is 76.3 Å². The summed E-state index contributed by atoms with van der Waals surface area (Å²) < 4.78 is 10.3. The quantitative estimate of drug-likeness (QED) is 0.0573. The predicted octanol–water partition coefficient (Wildman–Crippen LogP) is 11.3. The van der Waals surface area contributed by atoms with E-state index in [9.17, 15) is 9.59 Å². The molecule has 0 fully saturated rings. The molecular formula is C40H46O4S2. The first kappa shape index (κ1) is 35.1. The maximum absolute atomic E-state index is 11.4. The van der Waals surface area contributed by atoms with Crippen molar-refractivity contribution < 1.29 is 19.1 Å². The average Bonchev–Trinajstić information content (AvgIpc) is 3.75. The number of aryl methyl sites for hydroxylation is 2. The highest BCUT2D eigenvalue weighted by atomic mass is 32.1. The van der Waals surface area contributed by atoms with Crippen LogP contribution in [0.4, 0.5) is 0 Å². The molecule has 0 amide bonds. The largest absolute Gasteiger partial charge is 0.462 e. The minimum Gasteiger partial charge on any atom is -0.462 e. The van der Waals surface area contributed by atoms with Crippen molar-refractivity contribution in [2.24, 2.45) is 0 Å². The second kappa shape index (κ2) is 18.4. The van der Waals surface area contributed by atoms with E-state index in [2.05, 4.69) is 86.0 Å². The maximum Gasteiger partial charge on any atom is 0.333 e. The zero-order valence-corrected chi connectivity index (χ0v) is 28.9. The lowest BCUT2D eigenvalue weighted by atomic mass is 10.0. The molecule has 0 N–H and O–H groups in total. The van der Waals surface area contributed by atoms with Gasteiger partial charge in [0.25, 0.3) is 0 Å². The summed E-state index contributed by atoms with van der Waals surface area (Å²) in [6.07, 6.45) is 10.6. The normalized spacial score (nSPS) is 10.9. The molecule has 46 heavy (non-hydrogen) atoms. The van der Waals surface area contributed by atoms with Gasteiger partial charge in [-0.2, -0.15) is 0 Å². The number of ether oxygens (including phenoxy) is 2. The van der Waals surface area contributed by atoms with Crippen molar-refractivity contribution in [3.8, 4) is 30.6 Å². The minimum absolute atomic E-state index is 0.294. The third kappa shape index (κ3) is 11.3. The fourth-order valence-corrected chi connectivity index (χ4v) is 7.18. The Morgan fingerprint density at radius 3 is 1.22 bits per heavy atom. The number of carbonyl (C=O) groups excluding carboxylic acids is 2. The minimum atomic E-state index is -0.294. The molecule has 0 aliphatic rings. The topological polar surface area (TPSA) is 52.6 Å². The first-order chi connectivity index (χ1) is 22.3. The molecule has 242 valence electrons. The molecule has 6 heteroatoms. The van der Waals surface area contributed by atoms with Crippen molar-refractivity contribution >= 4 is 34.6 Å². The summed E-state index contributed by atoms with van der Waals surface area (Å²) in [5.74, 6) is -0.588. The van der Waals surface area contributed by atoms with Crippen molar-refractivity contribution in [1.29, 1.82) is 0 Å². The van der Waals surface area contributed by atoms with Crippen LogP contribution in [0, 0.1) is 0 Å². The Balaban J connectivity index is 1.18. The van der Waals surface area contributed by atoms with E-state index < -0.39 is 0 Å². The molecule has 0 aliphatic carbocycles. The Morgan fingerprint density at radius 2 is 0.848 bits per heavy atom. The van der Waals surface area contributed by atoms with Crippen LogP contribution in [0.25, 0.3) is 30.6 Å². The lowest BCUT2D eigenvalue weighted by molar-refractivity contribution is -0.139. The van der Waals surface area contributed by atoms with Gasteiger partial charge >= 0.3 is 11.9 Å². The molecule has 0 radical (unpaired) electrons. The van der Waals surface area contributed by atoms with Gasteiger partial charge in [0.05, 0.1) is 13.2 Å². The molecule has 2 aromatic carbocycles. The Labute approximate surface area is 282 Å². The lowest BCUT2D eigenvalue weighted by Crippen LogP contribution is -2.06. The van der Waals surface area contributed by atoms with Crippen LogP contribution in [0.15, 0.2) is 97.1 Å². The summed E-state index contributed by atoms with van der Waals surface area (Å²) in [5.41, 5.74) is 6.16. The third-order valence-electron chi connectivity index (χ3n) is 7.81. The summed E-state index contributed by atoms with van der Waals surface area (Å²) in [6.45, 7) is 11.5. The number of hydrogen-bond acceptors (Lipinski definition) is 6. The fourth-order valence-electron chi connectivity index (χ4n) is 5.07. The molecule has 2 heterocycles. The first-order valence-corrected chi connectivity index (χ1v) is 18.0. The summed E-state index contributed by atoms with van der Waals surface area (Å²) in [6, 6.07) is 26.9. The van der Waals surface area contributed by atoms with E-state index in [0.29, 0.717) is 24.4 Å². The van der Waals surface area contributed by atoms with Crippen molar-refractivity contribution in [2.45, 2.75) is 78.1 Å². The molecule has 0 aliphatic heterocycles. The zero-order valence-electron chi connectivity index (χ0n) is 27.3. The smallest absolute Gasteiger partial charge is 0.333 e. The molecule has 0 saturated carbocycles. The van der Waals surface area contributed by atoms with E-state index in [4.69, 9.17) is 9.47 Å². The Hall–Kier alpha value is -3.74. The van der Waals surface area contributed by atoms with Crippen molar-refractivity contribution in [3.05, 3.63) is 108 Å². The summed E-state index contributed by atoms with van der Waals surface area (Å²) in [5, 5.41) is 0. The van der Waals surface area contributed by atoms with Gasteiger partial charge in [-0.1, -0.05) is 87.4 Å². The molecule has 0 spiro atoms. The number of carbonyl (C=O) groups is 2. The number of rotatable bonds is 19. The van der Waals surface area contributed by atoms with Crippen LogP contribution in [0.5, 0.6) is 0 Å². The van der Waals surface area contributed by atoms with Gasteiger partial charge in [0.15, 0.2) is 0 Å². The third-order valence-corrected chi connectivity index (χ3v) is 10.3. The van der Waals surface area contributed by atoms with Crippen LogP contribution in [-0.2, 0) is 31.9 Å². The standard InChI is InChI=1S/C40H46O4S2/c1-29(2)39(41)43-27-11-7-5-9-13-31-15-19-33(20-16-31)35-23-25-37(45-35)38-26-24-36(46-38)34-21-17-32(18-22-34)14-10-6-8-12-28-44-40(42)30(3)4/h15-26H,1,3,5-14,27-28H2,2,4H3. The zero-order chi connectivity index (χ0) is 32.7. The van der Waals surface area contributed by atoms with Gasteiger partial charge in [0.1, 0.15) is 0 Å². The van der Waals surface area contributed by atoms with E-state index in [1.807, 2.05) is 22.7 Å². The average molecular weight is 655 g/mol. The Kier molecular flexibility index (Phi) is 14.1. The highest BCUT2D eigenvalue weighted by Gasteiger charge is 2.10. The number of benzene rings is 2. The molecule has 0 saturated heterocycles. The monoisotopic (exact) mass is 654 g/mol. The first-order valence-electron chi connectivity index (χ1n) is 16.3. The van der Waals surface area contributed by atoms with Crippen LogP contribution in [0.2, 0.25) is 0 Å². The van der Waals surface area contributed by atoms with Gasteiger partial charge in [0, 0.05) is 30.7 Å². The number of thiophene rings is 2. The molecule has 4 nitrogen and oxygen atoms in total. The Morgan fingerprint density at radius 1 is 0.500 bits per heavy atom.